The Morgan fingerprint density at radius 2 is 1.85 bits per heavy atom. The molecule has 0 radical (unpaired) electrons. The molecule has 2 aliphatic heterocycles. The van der Waals surface area contributed by atoms with Crippen molar-refractivity contribution in [3.05, 3.63) is 0 Å². The molecule has 20 heavy (non-hydrogen) atoms. The van der Waals surface area contributed by atoms with Gasteiger partial charge in [0.2, 0.25) is 0 Å². The molecule has 2 fully saturated rings. The first kappa shape index (κ1) is 16.2. The number of piperidine rings is 1. The Bertz CT molecular complexity index is 293. The van der Waals surface area contributed by atoms with Crippen LogP contribution in [0.1, 0.15) is 40.0 Å². The van der Waals surface area contributed by atoms with Crippen LogP contribution in [0.3, 0.4) is 0 Å². The predicted molar refractivity (Wildman–Crippen MR) is 82.2 cm³/mol. The minimum atomic E-state index is 0.118. The van der Waals surface area contributed by atoms with E-state index >= 15 is 0 Å². The maximum absolute atomic E-state index is 6.20. The highest BCUT2D eigenvalue weighted by molar-refractivity contribution is 4.95. The van der Waals surface area contributed by atoms with E-state index in [9.17, 15) is 0 Å². The molecular weight excluding hydrogens is 252 g/mol. The molecule has 0 amide bonds. The van der Waals surface area contributed by atoms with E-state index in [-0.39, 0.29) is 11.1 Å². The second kappa shape index (κ2) is 6.73. The number of rotatable bonds is 4. The van der Waals surface area contributed by atoms with E-state index in [1.54, 1.807) is 7.11 Å². The molecule has 118 valence electrons. The molecule has 2 rings (SSSR count). The summed E-state index contributed by atoms with van der Waals surface area (Å²) in [7, 11) is 1.78. The summed E-state index contributed by atoms with van der Waals surface area (Å²) in [5, 5.41) is 0. The van der Waals surface area contributed by atoms with Crippen LogP contribution < -0.4 is 0 Å². The smallest absolute Gasteiger partial charge is 0.0833 e. The summed E-state index contributed by atoms with van der Waals surface area (Å²) in [4.78, 5) is 5.15. The minimum absolute atomic E-state index is 0.118. The van der Waals surface area contributed by atoms with Crippen LogP contribution in [0, 0.1) is 0 Å². The van der Waals surface area contributed by atoms with Crippen LogP contribution in [0.4, 0.5) is 0 Å². The molecule has 2 aliphatic rings. The molecule has 0 saturated carbocycles. The van der Waals surface area contributed by atoms with Crippen molar-refractivity contribution < 1.29 is 9.47 Å². The SMILES string of the molecule is COCCCN1CCOC2(CCN(C(C)(C)C)CC2)C1. The van der Waals surface area contributed by atoms with Gasteiger partial charge in [-0.2, -0.15) is 0 Å². The zero-order valence-electron chi connectivity index (χ0n) is 13.8. The summed E-state index contributed by atoms with van der Waals surface area (Å²) >= 11 is 0. The molecule has 2 saturated heterocycles. The summed E-state index contributed by atoms with van der Waals surface area (Å²) in [6, 6.07) is 0. The fourth-order valence-corrected chi connectivity index (χ4v) is 3.43. The number of methoxy groups -OCH3 is 1. The van der Waals surface area contributed by atoms with Crippen molar-refractivity contribution in [2.75, 3.05) is 53.0 Å². The van der Waals surface area contributed by atoms with E-state index in [0.29, 0.717) is 0 Å². The molecule has 0 aromatic rings. The monoisotopic (exact) mass is 284 g/mol. The summed E-state index contributed by atoms with van der Waals surface area (Å²) in [6.07, 6.45) is 3.47. The van der Waals surface area contributed by atoms with Gasteiger partial charge >= 0.3 is 0 Å². The van der Waals surface area contributed by atoms with Gasteiger partial charge in [-0.05, 0) is 40.0 Å². The molecule has 0 unspecified atom stereocenters. The largest absolute Gasteiger partial charge is 0.385 e. The number of nitrogens with zero attached hydrogens (tertiary/aromatic N) is 2. The fraction of sp³-hybridized carbons (Fsp3) is 1.00. The quantitative estimate of drug-likeness (QED) is 0.737. The van der Waals surface area contributed by atoms with Crippen molar-refractivity contribution in [3.63, 3.8) is 0 Å². The number of hydrogen-bond donors (Lipinski definition) is 0. The lowest BCUT2D eigenvalue weighted by atomic mass is 9.87. The van der Waals surface area contributed by atoms with Crippen LogP contribution >= 0.6 is 0 Å². The molecular formula is C16H32N2O2. The average molecular weight is 284 g/mol. The van der Waals surface area contributed by atoms with Crippen LogP contribution in [0.25, 0.3) is 0 Å². The normalized spacial score (nSPS) is 25.2. The van der Waals surface area contributed by atoms with Crippen LogP contribution in [0.5, 0.6) is 0 Å². The molecule has 1 spiro atoms. The number of morpholine rings is 1. The predicted octanol–water partition coefficient (Wildman–Crippen LogP) is 1.99. The van der Waals surface area contributed by atoms with Crippen LogP contribution in [-0.4, -0.2) is 74.0 Å². The summed E-state index contributed by atoms with van der Waals surface area (Å²) < 4.78 is 11.4. The van der Waals surface area contributed by atoms with Crippen molar-refractivity contribution in [2.45, 2.75) is 51.2 Å². The molecule has 0 aromatic carbocycles. The Balaban J connectivity index is 1.83. The zero-order chi connectivity index (χ0) is 14.6. The zero-order valence-corrected chi connectivity index (χ0v) is 13.8. The molecule has 4 nitrogen and oxygen atoms in total. The third-order valence-corrected chi connectivity index (χ3v) is 4.77. The van der Waals surface area contributed by atoms with E-state index < -0.39 is 0 Å². The van der Waals surface area contributed by atoms with E-state index in [2.05, 4.69) is 30.6 Å². The van der Waals surface area contributed by atoms with Crippen molar-refractivity contribution in [1.29, 1.82) is 0 Å². The van der Waals surface area contributed by atoms with Crippen LogP contribution in [-0.2, 0) is 9.47 Å². The van der Waals surface area contributed by atoms with E-state index in [4.69, 9.17) is 9.47 Å². The Hall–Kier alpha value is -0.160. The van der Waals surface area contributed by atoms with Gasteiger partial charge in [0.15, 0.2) is 0 Å². The van der Waals surface area contributed by atoms with Gasteiger partial charge in [-0.15, -0.1) is 0 Å². The molecule has 0 bridgehead atoms. The Labute approximate surface area is 124 Å². The second-order valence-electron chi connectivity index (χ2n) is 7.31. The van der Waals surface area contributed by atoms with E-state index in [1.807, 2.05) is 0 Å². The lowest BCUT2D eigenvalue weighted by Crippen LogP contribution is -2.59. The second-order valence-corrected chi connectivity index (χ2v) is 7.31. The summed E-state index contributed by atoms with van der Waals surface area (Å²) in [6.45, 7) is 14.3. The topological polar surface area (TPSA) is 24.9 Å². The van der Waals surface area contributed by atoms with Crippen molar-refractivity contribution in [2.24, 2.45) is 0 Å². The number of ether oxygens (including phenoxy) is 2. The molecule has 0 aliphatic carbocycles. The third-order valence-electron chi connectivity index (χ3n) is 4.77. The summed E-state index contributed by atoms with van der Waals surface area (Å²) in [5.41, 5.74) is 0.404. The Kier molecular flexibility index (Phi) is 5.46. The molecule has 0 aromatic heterocycles. The highest BCUT2D eigenvalue weighted by atomic mass is 16.5. The van der Waals surface area contributed by atoms with Crippen molar-refractivity contribution in [1.82, 2.24) is 9.80 Å². The van der Waals surface area contributed by atoms with Gasteiger partial charge in [0.25, 0.3) is 0 Å². The first-order valence-corrected chi connectivity index (χ1v) is 8.06. The number of hydrogen-bond acceptors (Lipinski definition) is 4. The first-order valence-electron chi connectivity index (χ1n) is 8.06. The van der Waals surface area contributed by atoms with E-state index in [0.717, 1.165) is 52.4 Å². The van der Waals surface area contributed by atoms with Gasteiger partial charge in [0.05, 0.1) is 12.2 Å². The summed E-state index contributed by atoms with van der Waals surface area (Å²) in [5.74, 6) is 0. The van der Waals surface area contributed by atoms with Gasteiger partial charge in [-0.1, -0.05) is 0 Å². The maximum Gasteiger partial charge on any atom is 0.0833 e. The number of likely N-dealkylation sites (tertiary alicyclic amines) is 1. The maximum atomic E-state index is 6.20. The highest BCUT2D eigenvalue weighted by Gasteiger charge is 2.41. The van der Waals surface area contributed by atoms with Gasteiger partial charge in [-0.25, -0.2) is 0 Å². The van der Waals surface area contributed by atoms with Crippen LogP contribution in [0.2, 0.25) is 0 Å². The third kappa shape index (κ3) is 4.17. The lowest BCUT2D eigenvalue weighted by Gasteiger charge is -2.50. The molecule has 0 atom stereocenters. The van der Waals surface area contributed by atoms with Crippen molar-refractivity contribution in [3.8, 4) is 0 Å². The highest BCUT2D eigenvalue weighted by Crippen LogP contribution is 2.32. The molecule has 2 heterocycles. The minimum Gasteiger partial charge on any atom is -0.385 e. The van der Waals surface area contributed by atoms with Gasteiger partial charge < -0.3 is 9.47 Å². The van der Waals surface area contributed by atoms with Gasteiger partial charge in [0.1, 0.15) is 0 Å². The molecule has 4 heteroatoms. The lowest BCUT2D eigenvalue weighted by molar-refractivity contribution is -0.142. The average Bonchev–Trinajstić information content (AvgIpc) is 2.39. The van der Waals surface area contributed by atoms with Crippen LogP contribution in [0.15, 0.2) is 0 Å². The standard InChI is InChI=1S/C16H32N2O2/c1-15(2,3)18-9-6-16(7-10-18)14-17(11-13-20-16)8-5-12-19-4/h5-14H2,1-4H3. The fourth-order valence-electron chi connectivity index (χ4n) is 3.43. The van der Waals surface area contributed by atoms with E-state index in [1.165, 1.54) is 12.8 Å². The Morgan fingerprint density at radius 1 is 1.15 bits per heavy atom. The Morgan fingerprint density at radius 3 is 2.45 bits per heavy atom. The van der Waals surface area contributed by atoms with Gasteiger partial charge in [-0.3, -0.25) is 9.80 Å². The molecule has 0 N–H and O–H groups in total. The van der Waals surface area contributed by atoms with Gasteiger partial charge in [0, 0.05) is 52.0 Å². The first-order chi connectivity index (χ1) is 9.45. The van der Waals surface area contributed by atoms with Crippen molar-refractivity contribution >= 4 is 0 Å².